The monoisotopic (exact) mass is 344 g/mol. The van der Waals surface area contributed by atoms with Crippen molar-refractivity contribution in [2.45, 2.75) is 32.4 Å². The first-order valence-electron chi connectivity index (χ1n) is 7.14. The molecule has 0 aliphatic carbocycles. The Balaban J connectivity index is 2.65. The van der Waals surface area contributed by atoms with E-state index < -0.39 is 6.04 Å². The molecule has 1 rings (SSSR count). The zero-order valence-electron chi connectivity index (χ0n) is 13.0. The topological polar surface area (TPSA) is 106 Å². The number of amidine groups is 1. The van der Waals surface area contributed by atoms with Gasteiger partial charge in [-0.05, 0) is 26.3 Å². The van der Waals surface area contributed by atoms with Crippen molar-refractivity contribution in [2.75, 3.05) is 13.2 Å². The van der Waals surface area contributed by atoms with Gasteiger partial charge in [0.1, 0.15) is 6.04 Å². The highest BCUT2D eigenvalue weighted by atomic mass is 32.1. The molecule has 0 aromatic carbocycles. The summed E-state index contributed by atoms with van der Waals surface area (Å²) < 4.78 is 17.4. The Bertz CT molecular complexity index is 550. The second-order valence-electron chi connectivity index (χ2n) is 4.76. The van der Waals surface area contributed by atoms with Crippen molar-refractivity contribution in [3.8, 4) is 0 Å². The third kappa shape index (κ3) is 5.95. The molecule has 0 saturated carbocycles. The number of carbonyl (C=O) groups excluding carboxylic acids is 2. The summed E-state index contributed by atoms with van der Waals surface area (Å²) in [4.78, 5) is 23.6. The lowest BCUT2D eigenvalue weighted by Gasteiger charge is -2.19. The summed E-state index contributed by atoms with van der Waals surface area (Å²) in [5.41, 5.74) is 5.86. The predicted octanol–water partition coefficient (Wildman–Crippen LogP) is 1.06. The second-order valence-corrected chi connectivity index (χ2v) is 5.70. The number of carbonyl (C=O) groups is 2. The SMILES string of the molecule is CCOCCC(NC=O)C(=O)N[C@H](C)c1cc(C(N)=NF)cs1. The molecule has 0 bridgehead atoms. The number of nitrogens with one attached hydrogen (secondary N) is 2. The molecule has 9 heteroatoms. The van der Waals surface area contributed by atoms with Gasteiger partial charge in [0.2, 0.25) is 12.3 Å². The van der Waals surface area contributed by atoms with Crippen LogP contribution in [0.2, 0.25) is 0 Å². The molecule has 1 aromatic heterocycles. The first-order valence-corrected chi connectivity index (χ1v) is 8.02. The minimum atomic E-state index is -0.668. The van der Waals surface area contributed by atoms with Crippen LogP contribution in [-0.2, 0) is 14.3 Å². The maximum absolute atomic E-state index is 12.2. The number of hydrogen-bond donors (Lipinski definition) is 3. The average molecular weight is 344 g/mol. The van der Waals surface area contributed by atoms with Crippen LogP contribution >= 0.6 is 11.3 Å². The molecule has 4 N–H and O–H groups in total. The molecule has 1 unspecified atom stereocenters. The van der Waals surface area contributed by atoms with Crippen molar-refractivity contribution in [3.63, 3.8) is 0 Å². The van der Waals surface area contributed by atoms with Crippen LogP contribution in [0.15, 0.2) is 16.7 Å². The number of amides is 2. The minimum absolute atomic E-state index is 0.205. The number of thiophene rings is 1. The molecule has 2 atom stereocenters. The van der Waals surface area contributed by atoms with Crippen molar-refractivity contribution >= 4 is 29.5 Å². The molecule has 0 fully saturated rings. The van der Waals surface area contributed by atoms with Gasteiger partial charge >= 0.3 is 0 Å². The van der Waals surface area contributed by atoms with E-state index in [-0.39, 0.29) is 17.8 Å². The fourth-order valence-electron chi connectivity index (χ4n) is 1.87. The smallest absolute Gasteiger partial charge is 0.243 e. The van der Waals surface area contributed by atoms with Gasteiger partial charge in [-0.15, -0.1) is 11.3 Å². The first-order chi connectivity index (χ1) is 11.0. The minimum Gasteiger partial charge on any atom is -0.382 e. The summed E-state index contributed by atoms with van der Waals surface area (Å²) in [6.07, 6.45) is 0.866. The van der Waals surface area contributed by atoms with Gasteiger partial charge in [0, 0.05) is 29.0 Å². The number of hydrogen-bond acceptors (Lipinski definition) is 5. The molecule has 0 saturated heterocycles. The highest BCUT2D eigenvalue weighted by molar-refractivity contribution is 7.10. The van der Waals surface area contributed by atoms with Crippen LogP contribution in [0.4, 0.5) is 4.48 Å². The lowest BCUT2D eigenvalue weighted by molar-refractivity contribution is -0.126. The molecule has 23 heavy (non-hydrogen) atoms. The lowest BCUT2D eigenvalue weighted by atomic mass is 10.1. The second kappa shape index (κ2) is 9.90. The fourth-order valence-corrected chi connectivity index (χ4v) is 2.78. The van der Waals surface area contributed by atoms with Gasteiger partial charge < -0.3 is 21.1 Å². The average Bonchev–Trinajstić information content (AvgIpc) is 3.03. The highest BCUT2D eigenvalue weighted by Gasteiger charge is 2.20. The van der Waals surface area contributed by atoms with Gasteiger partial charge in [0.25, 0.3) is 0 Å². The zero-order chi connectivity index (χ0) is 17.2. The van der Waals surface area contributed by atoms with Crippen molar-refractivity contribution in [2.24, 2.45) is 10.9 Å². The standard InChI is InChI=1S/C14H21FN4O3S/c1-3-22-5-4-11(17-8-20)14(21)18-9(2)12-6-10(7-23-12)13(16)19-15/h6-9,11H,3-5H2,1-2H3,(H2,16,19)(H,17,20)(H,18,21)/t9-,11?/m1/s1. The van der Waals surface area contributed by atoms with Crippen LogP contribution in [0, 0.1) is 0 Å². The number of nitrogens with zero attached hydrogens (tertiary/aromatic N) is 1. The Morgan fingerprint density at radius 1 is 1.61 bits per heavy atom. The van der Waals surface area contributed by atoms with E-state index in [1.165, 1.54) is 11.3 Å². The van der Waals surface area contributed by atoms with Crippen molar-refractivity contribution < 1.29 is 18.8 Å². The maximum atomic E-state index is 12.2. The van der Waals surface area contributed by atoms with Crippen LogP contribution in [0.1, 0.15) is 36.8 Å². The molecule has 0 spiro atoms. The fraction of sp³-hybridized carbons (Fsp3) is 0.500. The molecular weight excluding hydrogens is 323 g/mol. The molecule has 2 amide bonds. The lowest BCUT2D eigenvalue weighted by Crippen LogP contribution is -2.45. The van der Waals surface area contributed by atoms with E-state index in [2.05, 4.69) is 15.8 Å². The highest BCUT2D eigenvalue weighted by Crippen LogP contribution is 2.22. The number of rotatable bonds is 10. The van der Waals surface area contributed by atoms with E-state index in [1.54, 1.807) is 18.4 Å². The van der Waals surface area contributed by atoms with Gasteiger partial charge in [-0.2, -0.15) is 0 Å². The molecule has 1 heterocycles. The molecule has 0 aliphatic heterocycles. The van der Waals surface area contributed by atoms with Gasteiger partial charge in [-0.1, -0.05) is 9.70 Å². The summed E-state index contributed by atoms with van der Waals surface area (Å²) in [5.74, 6) is -0.519. The summed E-state index contributed by atoms with van der Waals surface area (Å²) in [7, 11) is 0. The Morgan fingerprint density at radius 3 is 2.96 bits per heavy atom. The molecule has 0 radical (unpaired) electrons. The van der Waals surface area contributed by atoms with Crippen molar-refractivity contribution in [1.29, 1.82) is 0 Å². The molecule has 7 nitrogen and oxygen atoms in total. The summed E-state index contributed by atoms with van der Waals surface area (Å²) >= 11 is 1.33. The van der Waals surface area contributed by atoms with Crippen molar-refractivity contribution in [1.82, 2.24) is 10.6 Å². The quantitative estimate of drug-likeness (QED) is 0.255. The Morgan fingerprint density at radius 2 is 2.35 bits per heavy atom. The third-order valence-electron chi connectivity index (χ3n) is 3.13. The Hall–Kier alpha value is -2.00. The predicted molar refractivity (Wildman–Crippen MR) is 86.8 cm³/mol. The van der Waals surface area contributed by atoms with E-state index in [4.69, 9.17) is 10.5 Å². The van der Waals surface area contributed by atoms with E-state index in [1.807, 2.05) is 6.92 Å². The summed E-state index contributed by atoms with van der Waals surface area (Å²) in [6, 6.07) is 0.686. The first kappa shape index (κ1) is 19.0. The normalized spacial score (nSPS) is 14.1. The van der Waals surface area contributed by atoms with Gasteiger partial charge in [0.05, 0.1) is 6.04 Å². The van der Waals surface area contributed by atoms with Crippen molar-refractivity contribution in [3.05, 3.63) is 21.9 Å². The van der Waals surface area contributed by atoms with Gasteiger partial charge in [-0.25, -0.2) is 0 Å². The maximum Gasteiger partial charge on any atom is 0.243 e. The van der Waals surface area contributed by atoms with Crippen LogP contribution in [0.5, 0.6) is 0 Å². The van der Waals surface area contributed by atoms with Gasteiger partial charge in [-0.3, -0.25) is 9.59 Å². The number of nitrogens with two attached hydrogens (primary N) is 1. The molecule has 0 aliphatic rings. The number of ether oxygens (including phenoxy) is 1. The van der Waals surface area contributed by atoms with E-state index in [9.17, 15) is 14.1 Å². The largest absolute Gasteiger partial charge is 0.382 e. The zero-order valence-corrected chi connectivity index (χ0v) is 13.9. The Kier molecular flexibility index (Phi) is 8.20. The van der Waals surface area contributed by atoms with Crippen LogP contribution < -0.4 is 16.4 Å². The van der Waals surface area contributed by atoms with Crippen LogP contribution in [0.3, 0.4) is 0 Å². The molecular formula is C14H21FN4O3S. The van der Waals surface area contributed by atoms with Crippen LogP contribution in [-0.4, -0.2) is 37.4 Å². The van der Waals surface area contributed by atoms with Gasteiger partial charge in [0.15, 0.2) is 5.84 Å². The van der Waals surface area contributed by atoms with E-state index in [0.717, 1.165) is 4.88 Å². The van der Waals surface area contributed by atoms with Crippen LogP contribution in [0.25, 0.3) is 0 Å². The van der Waals surface area contributed by atoms with E-state index >= 15 is 0 Å². The summed E-state index contributed by atoms with van der Waals surface area (Å²) in [5, 5.41) is 9.37. The van der Waals surface area contributed by atoms with E-state index in [0.29, 0.717) is 31.6 Å². The summed E-state index contributed by atoms with van der Waals surface area (Å²) in [6.45, 7) is 4.56. The Labute approximate surface area is 138 Å². The number of halogens is 1. The third-order valence-corrected chi connectivity index (χ3v) is 4.25. The molecule has 1 aromatic rings. The molecule has 128 valence electrons.